The molecule has 6 heteroatoms. The molecule has 0 aliphatic rings. The highest BCUT2D eigenvalue weighted by molar-refractivity contribution is 7.89. The summed E-state index contributed by atoms with van der Waals surface area (Å²) in [5.74, 6) is 2.57. The summed E-state index contributed by atoms with van der Waals surface area (Å²) in [4.78, 5) is 0. The molecule has 0 spiro atoms. The van der Waals surface area contributed by atoms with E-state index < -0.39 is 10.0 Å². The van der Waals surface area contributed by atoms with Crippen LogP contribution in [0, 0.1) is 12.3 Å². The van der Waals surface area contributed by atoms with E-state index in [1.165, 1.54) is 12.1 Å². The van der Waals surface area contributed by atoms with Gasteiger partial charge in [-0.05, 0) is 12.1 Å². The van der Waals surface area contributed by atoms with Gasteiger partial charge in [0.2, 0.25) is 5.09 Å². The van der Waals surface area contributed by atoms with Crippen LogP contribution in [0.5, 0.6) is 0 Å². The second-order valence-electron chi connectivity index (χ2n) is 2.45. The fraction of sp³-hybridized carbons (Fsp3) is 0.250. The van der Waals surface area contributed by atoms with E-state index in [1.807, 2.05) is 0 Å². The topological polar surface area (TPSA) is 85.3 Å². The Morgan fingerprint density at radius 3 is 2.79 bits per heavy atom. The fourth-order valence-corrected chi connectivity index (χ4v) is 1.70. The highest BCUT2D eigenvalue weighted by atomic mass is 32.2. The Labute approximate surface area is 82.3 Å². The number of nitrogens with two attached hydrogens (primary N) is 1. The lowest BCUT2D eigenvalue weighted by Crippen LogP contribution is -2.23. The molecule has 1 rings (SSSR count). The molecule has 0 bridgehead atoms. The molecular formula is C8H10N2O3S. The Kier molecular flexibility index (Phi) is 3.30. The van der Waals surface area contributed by atoms with Crippen LogP contribution in [0.25, 0.3) is 0 Å². The zero-order valence-electron chi connectivity index (χ0n) is 7.36. The predicted octanol–water partition coefficient (Wildman–Crippen LogP) is -0.350. The van der Waals surface area contributed by atoms with Crippen molar-refractivity contribution in [2.45, 2.75) is 11.6 Å². The number of rotatable bonds is 4. The van der Waals surface area contributed by atoms with Crippen LogP contribution in [0.15, 0.2) is 21.6 Å². The molecular weight excluding hydrogens is 204 g/mol. The zero-order valence-corrected chi connectivity index (χ0v) is 8.17. The molecule has 0 saturated heterocycles. The summed E-state index contributed by atoms with van der Waals surface area (Å²) >= 11 is 0. The molecule has 3 N–H and O–H groups in total. The van der Waals surface area contributed by atoms with Crippen LogP contribution in [0.1, 0.15) is 5.76 Å². The van der Waals surface area contributed by atoms with Crippen LogP contribution in [0.2, 0.25) is 0 Å². The Hall–Kier alpha value is -1.29. The van der Waals surface area contributed by atoms with E-state index in [0.29, 0.717) is 5.76 Å². The summed E-state index contributed by atoms with van der Waals surface area (Å²) in [6.07, 6.45) is 4.92. The fourth-order valence-electron chi connectivity index (χ4n) is 0.820. The minimum absolute atomic E-state index is 0.0685. The van der Waals surface area contributed by atoms with Crippen molar-refractivity contribution in [3.05, 3.63) is 17.9 Å². The number of furan rings is 1. The molecule has 0 fully saturated rings. The van der Waals surface area contributed by atoms with Crippen molar-refractivity contribution in [2.24, 2.45) is 5.73 Å². The van der Waals surface area contributed by atoms with Gasteiger partial charge in [-0.2, -0.15) is 4.72 Å². The third-order valence-electron chi connectivity index (χ3n) is 1.47. The van der Waals surface area contributed by atoms with Gasteiger partial charge in [0.05, 0.1) is 13.1 Å². The normalized spacial score (nSPS) is 11.1. The monoisotopic (exact) mass is 214 g/mol. The molecule has 5 nitrogen and oxygen atoms in total. The number of hydrogen-bond acceptors (Lipinski definition) is 4. The van der Waals surface area contributed by atoms with Gasteiger partial charge in [-0.15, -0.1) is 6.42 Å². The zero-order chi connectivity index (χ0) is 10.6. The van der Waals surface area contributed by atoms with Gasteiger partial charge in [-0.1, -0.05) is 5.92 Å². The lowest BCUT2D eigenvalue weighted by Gasteiger charge is -1.98. The number of terminal acetylenes is 1. The van der Waals surface area contributed by atoms with Crippen molar-refractivity contribution in [3.8, 4) is 12.3 Å². The van der Waals surface area contributed by atoms with E-state index in [-0.39, 0.29) is 18.2 Å². The van der Waals surface area contributed by atoms with E-state index >= 15 is 0 Å². The molecule has 0 aromatic carbocycles. The molecule has 0 aliphatic carbocycles. The third kappa shape index (κ3) is 2.35. The second kappa shape index (κ2) is 4.28. The Morgan fingerprint density at radius 2 is 2.29 bits per heavy atom. The largest absolute Gasteiger partial charge is 0.447 e. The summed E-state index contributed by atoms with van der Waals surface area (Å²) in [6.45, 7) is 0.0889. The lowest BCUT2D eigenvalue weighted by atomic mass is 10.5. The third-order valence-corrected chi connectivity index (χ3v) is 2.74. The van der Waals surface area contributed by atoms with Gasteiger partial charge >= 0.3 is 0 Å². The summed E-state index contributed by atoms with van der Waals surface area (Å²) in [7, 11) is -3.63. The van der Waals surface area contributed by atoms with Crippen LogP contribution in [0.3, 0.4) is 0 Å². The van der Waals surface area contributed by atoms with Crippen LogP contribution < -0.4 is 10.5 Å². The number of nitrogens with one attached hydrogen (secondary N) is 1. The highest BCUT2D eigenvalue weighted by Crippen LogP contribution is 2.12. The van der Waals surface area contributed by atoms with Gasteiger partial charge in [-0.25, -0.2) is 8.42 Å². The Bertz CT molecular complexity index is 441. The number of hydrogen-bond donors (Lipinski definition) is 2. The summed E-state index contributed by atoms with van der Waals surface area (Å²) < 4.78 is 29.9. The van der Waals surface area contributed by atoms with Gasteiger partial charge in [0, 0.05) is 0 Å². The van der Waals surface area contributed by atoms with E-state index in [0.717, 1.165) is 0 Å². The van der Waals surface area contributed by atoms with Gasteiger partial charge in [-0.3, -0.25) is 0 Å². The predicted molar refractivity (Wildman–Crippen MR) is 50.6 cm³/mol. The molecule has 14 heavy (non-hydrogen) atoms. The quantitative estimate of drug-likeness (QED) is 0.671. The molecule has 0 unspecified atom stereocenters. The second-order valence-corrected chi connectivity index (χ2v) is 4.15. The van der Waals surface area contributed by atoms with Crippen molar-refractivity contribution in [2.75, 3.05) is 6.54 Å². The lowest BCUT2D eigenvalue weighted by molar-refractivity contribution is 0.413. The van der Waals surface area contributed by atoms with Crippen molar-refractivity contribution < 1.29 is 12.8 Å². The first-order chi connectivity index (χ1) is 6.60. The maximum absolute atomic E-state index is 11.4. The van der Waals surface area contributed by atoms with E-state index in [4.69, 9.17) is 16.6 Å². The first kappa shape index (κ1) is 10.8. The highest BCUT2D eigenvalue weighted by Gasteiger charge is 2.17. The van der Waals surface area contributed by atoms with Crippen molar-refractivity contribution in [1.29, 1.82) is 0 Å². The van der Waals surface area contributed by atoms with Gasteiger partial charge in [0.15, 0.2) is 0 Å². The van der Waals surface area contributed by atoms with Crippen LogP contribution in [-0.4, -0.2) is 15.0 Å². The first-order valence-electron chi connectivity index (χ1n) is 3.82. The molecule has 76 valence electrons. The summed E-state index contributed by atoms with van der Waals surface area (Å²) in [5.41, 5.74) is 5.27. The van der Waals surface area contributed by atoms with Crippen molar-refractivity contribution >= 4 is 10.0 Å². The molecule has 0 amide bonds. The van der Waals surface area contributed by atoms with E-state index in [1.54, 1.807) is 0 Å². The van der Waals surface area contributed by atoms with E-state index in [9.17, 15) is 8.42 Å². The first-order valence-corrected chi connectivity index (χ1v) is 5.30. The van der Waals surface area contributed by atoms with Gasteiger partial charge in [0.25, 0.3) is 10.0 Å². The average Bonchev–Trinajstić information content (AvgIpc) is 2.63. The smallest absolute Gasteiger partial charge is 0.274 e. The number of sulfonamides is 1. The van der Waals surface area contributed by atoms with Gasteiger partial charge in [0.1, 0.15) is 5.76 Å². The van der Waals surface area contributed by atoms with Crippen molar-refractivity contribution in [3.63, 3.8) is 0 Å². The van der Waals surface area contributed by atoms with Crippen LogP contribution >= 0.6 is 0 Å². The molecule has 0 saturated carbocycles. The maximum atomic E-state index is 11.4. The minimum Gasteiger partial charge on any atom is -0.447 e. The summed E-state index contributed by atoms with van der Waals surface area (Å²) in [6, 6.07) is 2.84. The van der Waals surface area contributed by atoms with Crippen molar-refractivity contribution in [1.82, 2.24) is 4.72 Å². The average molecular weight is 214 g/mol. The molecule has 1 aromatic rings. The van der Waals surface area contributed by atoms with Crippen LogP contribution in [0.4, 0.5) is 0 Å². The summed E-state index contributed by atoms with van der Waals surface area (Å²) in [5, 5.41) is -0.173. The Balaban J connectivity index is 2.88. The molecule has 1 heterocycles. The molecule has 0 aliphatic heterocycles. The van der Waals surface area contributed by atoms with Gasteiger partial charge < -0.3 is 10.2 Å². The molecule has 0 atom stereocenters. The standard InChI is InChI=1S/C8H10N2O3S/c1-2-5-10-14(11,12)8-4-3-7(6-9)13-8/h1,3-4,10H,5-6,9H2. The maximum Gasteiger partial charge on any atom is 0.274 e. The molecule has 0 radical (unpaired) electrons. The Morgan fingerprint density at radius 1 is 1.57 bits per heavy atom. The minimum atomic E-state index is -3.63. The van der Waals surface area contributed by atoms with Crippen LogP contribution in [-0.2, 0) is 16.6 Å². The molecule has 1 aromatic heterocycles. The SMILES string of the molecule is C#CCNS(=O)(=O)c1ccc(CN)o1. The van der Waals surface area contributed by atoms with E-state index in [2.05, 4.69) is 10.6 Å².